The Labute approximate surface area is 176 Å². The van der Waals surface area contributed by atoms with Crippen molar-refractivity contribution in [2.24, 2.45) is 5.18 Å². The number of sulfonamides is 1. The summed E-state index contributed by atoms with van der Waals surface area (Å²) in [7, 11) is -7.84. The van der Waals surface area contributed by atoms with E-state index in [9.17, 15) is 21.7 Å². The van der Waals surface area contributed by atoms with Gasteiger partial charge in [0.15, 0.2) is 0 Å². The van der Waals surface area contributed by atoms with Crippen LogP contribution in [-0.4, -0.2) is 36.1 Å². The minimum Gasteiger partial charge on any atom is -0.381 e. The van der Waals surface area contributed by atoms with Gasteiger partial charge in [0.25, 0.3) is 0 Å². The van der Waals surface area contributed by atoms with Gasteiger partial charge in [0.1, 0.15) is 6.04 Å². The van der Waals surface area contributed by atoms with Gasteiger partial charge in [-0.1, -0.05) is 23.4 Å². The van der Waals surface area contributed by atoms with Crippen LogP contribution in [0.1, 0.15) is 36.9 Å². The summed E-state index contributed by atoms with van der Waals surface area (Å²) >= 11 is 0. The van der Waals surface area contributed by atoms with Gasteiger partial charge in [0.2, 0.25) is 19.9 Å². The van der Waals surface area contributed by atoms with E-state index in [0.29, 0.717) is 37.2 Å². The fourth-order valence-corrected chi connectivity index (χ4v) is 6.19. The fraction of sp³-hybridized carbons (Fsp3) is 0.400. The molecule has 1 atom stereocenters. The lowest BCUT2D eigenvalue weighted by atomic mass is 10.1. The van der Waals surface area contributed by atoms with E-state index in [1.54, 1.807) is 13.8 Å². The van der Waals surface area contributed by atoms with Gasteiger partial charge in [-0.15, -0.1) is 0 Å². The Morgan fingerprint density at radius 1 is 1.00 bits per heavy atom. The molecule has 8 nitrogen and oxygen atoms in total. The minimum atomic E-state index is -3.94. The second kappa shape index (κ2) is 8.93. The molecular weight excluding hydrogens is 428 g/mol. The molecule has 0 saturated carbocycles. The average molecular weight is 453 g/mol. The molecule has 0 bridgehead atoms. The van der Waals surface area contributed by atoms with Crippen LogP contribution >= 0.6 is 0 Å². The quantitative estimate of drug-likeness (QED) is 0.645. The molecular formula is C20H24N2O6S2. The van der Waals surface area contributed by atoms with Crippen LogP contribution in [0.5, 0.6) is 0 Å². The molecule has 1 N–H and O–H groups in total. The van der Waals surface area contributed by atoms with Crippen LogP contribution in [0, 0.1) is 11.8 Å². The summed E-state index contributed by atoms with van der Waals surface area (Å²) in [4.78, 5) is 10.5. The third-order valence-corrected chi connectivity index (χ3v) is 8.56. The number of rotatable bonds is 7. The highest BCUT2D eigenvalue weighted by Crippen LogP contribution is 2.27. The smallest absolute Gasteiger partial charge is 0.241 e. The van der Waals surface area contributed by atoms with Gasteiger partial charge < -0.3 is 4.74 Å². The molecule has 30 heavy (non-hydrogen) atoms. The number of ether oxygens (including phenoxy) is 1. The van der Waals surface area contributed by atoms with Gasteiger partial charge in [-0.25, -0.2) is 21.6 Å². The van der Waals surface area contributed by atoms with E-state index in [2.05, 4.69) is 9.90 Å². The van der Waals surface area contributed by atoms with Crippen LogP contribution in [0.3, 0.4) is 0 Å². The largest absolute Gasteiger partial charge is 0.381 e. The van der Waals surface area contributed by atoms with Gasteiger partial charge >= 0.3 is 0 Å². The van der Waals surface area contributed by atoms with E-state index in [0.717, 1.165) is 0 Å². The Bertz CT molecular complexity index is 1120. The third kappa shape index (κ3) is 4.77. The Kier molecular flexibility index (Phi) is 6.71. The maximum absolute atomic E-state index is 13.0. The molecule has 1 saturated heterocycles. The molecule has 10 heteroatoms. The van der Waals surface area contributed by atoms with Crippen molar-refractivity contribution < 1.29 is 21.6 Å². The van der Waals surface area contributed by atoms with Gasteiger partial charge in [-0.2, -0.15) is 4.91 Å². The highest BCUT2D eigenvalue weighted by atomic mass is 32.2. The molecule has 0 radical (unpaired) electrons. The van der Waals surface area contributed by atoms with E-state index < -0.39 is 25.9 Å². The Morgan fingerprint density at radius 2 is 1.60 bits per heavy atom. The lowest BCUT2D eigenvalue weighted by Gasteiger charge is -2.23. The van der Waals surface area contributed by atoms with Crippen LogP contribution in [0.4, 0.5) is 0 Å². The number of hydrogen-bond acceptors (Lipinski definition) is 7. The summed E-state index contributed by atoms with van der Waals surface area (Å²) in [6.07, 6.45) is 1.13. The lowest BCUT2D eigenvalue weighted by Crippen LogP contribution is -2.39. The summed E-state index contributed by atoms with van der Waals surface area (Å²) < 4.78 is 59.8. The van der Waals surface area contributed by atoms with Gasteiger partial charge in [0, 0.05) is 19.3 Å². The second-order valence-electron chi connectivity index (χ2n) is 7.29. The van der Waals surface area contributed by atoms with E-state index in [-0.39, 0.29) is 20.7 Å². The normalized spacial score (nSPS) is 16.9. The van der Waals surface area contributed by atoms with Gasteiger partial charge in [-0.05, 0) is 62.1 Å². The number of hydrogen-bond donors (Lipinski definition) is 1. The first-order chi connectivity index (χ1) is 14.1. The molecule has 2 aromatic carbocycles. The lowest BCUT2D eigenvalue weighted by molar-refractivity contribution is 0.0832. The number of nitrogens with one attached hydrogen (secondary N) is 1. The predicted octanol–water partition coefficient (Wildman–Crippen LogP) is 3.11. The maximum atomic E-state index is 13.0. The number of benzene rings is 2. The number of sulfone groups is 1. The Morgan fingerprint density at radius 3 is 2.20 bits per heavy atom. The van der Waals surface area contributed by atoms with Crippen LogP contribution < -0.4 is 4.72 Å². The van der Waals surface area contributed by atoms with Crippen molar-refractivity contribution >= 4 is 19.9 Å². The molecule has 2 aromatic rings. The van der Waals surface area contributed by atoms with Crippen LogP contribution in [0.2, 0.25) is 0 Å². The average Bonchev–Trinajstić information content (AvgIpc) is 2.73. The summed E-state index contributed by atoms with van der Waals surface area (Å²) in [6.45, 7) is 4.19. The van der Waals surface area contributed by atoms with Crippen LogP contribution in [0.25, 0.3) is 0 Å². The first-order valence-electron chi connectivity index (χ1n) is 9.53. The topological polar surface area (TPSA) is 119 Å². The minimum absolute atomic E-state index is 0.00828. The zero-order chi connectivity index (χ0) is 21.9. The Balaban J connectivity index is 1.94. The summed E-state index contributed by atoms with van der Waals surface area (Å²) in [6, 6.07) is 9.06. The van der Waals surface area contributed by atoms with E-state index in [1.807, 2.05) is 0 Å². The Hall–Kier alpha value is -2.14. The first-order valence-corrected chi connectivity index (χ1v) is 12.5. The van der Waals surface area contributed by atoms with Crippen LogP contribution in [-0.2, 0) is 24.6 Å². The van der Waals surface area contributed by atoms with Crippen molar-refractivity contribution in [1.29, 1.82) is 0 Å². The highest BCUT2D eigenvalue weighted by Gasteiger charge is 2.26. The molecule has 1 aliphatic heterocycles. The van der Waals surface area contributed by atoms with Crippen LogP contribution in [0.15, 0.2) is 62.3 Å². The predicted molar refractivity (Wildman–Crippen MR) is 111 cm³/mol. The number of nitrogens with zero attached hydrogens (tertiary/aromatic N) is 1. The SMILES string of the molecule is Cc1ccc(S(=O)(=O)c2ccc(C(C)N=O)cc2)cc1S(=O)(=O)NC1CCOCC1. The maximum Gasteiger partial charge on any atom is 0.241 e. The molecule has 162 valence electrons. The number of aryl methyl sites for hydroxylation is 1. The van der Waals surface area contributed by atoms with Crippen molar-refractivity contribution in [2.75, 3.05) is 13.2 Å². The second-order valence-corrected chi connectivity index (χ2v) is 10.9. The summed E-state index contributed by atoms with van der Waals surface area (Å²) in [5, 5.41) is 2.92. The molecule has 0 spiro atoms. The summed E-state index contributed by atoms with van der Waals surface area (Å²) in [5.74, 6) is 0. The van der Waals surface area contributed by atoms with Crippen molar-refractivity contribution in [1.82, 2.24) is 4.72 Å². The standard InChI is InChI=1S/C20H24N2O6S2/c1-14-3-6-19(13-20(14)30(26,27)22-17-9-11-28-12-10-17)29(24,25)18-7-4-16(5-8-18)15(2)21-23/h3-8,13,15,17,22H,9-12H2,1-2H3. The van der Waals surface area contributed by atoms with Crippen molar-refractivity contribution in [2.45, 2.75) is 53.5 Å². The highest BCUT2D eigenvalue weighted by molar-refractivity contribution is 7.91. The number of nitroso groups, excluding NO2 is 1. The zero-order valence-corrected chi connectivity index (χ0v) is 18.4. The van der Waals surface area contributed by atoms with E-state index in [4.69, 9.17) is 4.74 Å². The third-order valence-electron chi connectivity index (χ3n) is 5.13. The zero-order valence-electron chi connectivity index (χ0n) is 16.7. The molecule has 0 aromatic heterocycles. The van der Waals surface area contributed by atoms with Crippen molar-refractivity contribution in [3.05, 3.63) is 58.5 Å². The molecule has 0 amide bonds. The van der Waals surface area contributed by atoms with Crippen molar-refractivity contribution in [3.63, 3.8) is 0 Å². The molecule has 1 fully saturated rings. The first kappa shape index (κ1) is 22.5. The monoisotopic (exact) mass is 452 g/mol. The van der Waals surface area contributed by atoms with Crippen molar-refractivity contribution in [3.8, 4) is 0 Å². The van der Waals surface area contributed by atoms with E-state index in [1.165, 1.54) is 42.5 Å². The molecule has 0 aliphatic carbocycles. The summed E-state index contributed by atoms with van der Waals surface area (Å²) in [5.41, 5.74) is 1.05. The molecule has 1 aliphatic rings. The van der Waals surface area contributed by atoms with Gasteiger partial charge in [-0.3, -0.25) is 0 Å². The molecule has 1 heterocycles. The van der Waals surface area contributed by atoms with E-state index >= 15 is 0 Å². The van der Waals surface area contributed by atoms with Gasteiger partial charge in [0.05, 0.1) is 14.7 Å². The molecule has 3 rings (SSSR count). The molecule has 1 unspecified atom stereocenters. The fourth-order valence-electron chi connectivity index (χ4n) is 3.26.